The molecule has 1 aromatic heterocycles. The molecule has 2 aromatic rings. The number of hydrogen-bond acceptors (Lipinski definition) is 3. The maximum Gasteiger partial charge on any atom is 0.138 e. The van der Waals surface area contributed by atoms with Crippen molar-refractivity contribution < 1.29 is 4.74 Å². The van der Waals surface area contributed by atoms with E-state index < -0.39 is 0 Å². The smallest absolute Gasteiger partial charge is 0.138 e. The quantitative estimate of drug-likeness (QED) is 0.874. The minimum absolute atomic E-state index is 0.490. The average molecular weight is 270 g/mol. The number of hydrogen-bond donors (Lipinski definition) is 1. The van der Waals surface area contributed by atoms with Crippen LogP contribution in [0.25, 0.3) is 11.1 Å². The molecular weight excluding hydrogens is 248 g/mol. The molecule has 0 saturated heterocycles. The van der Waals surface area contributed by atoms with Gasteiger partial charge >= 0.3 is 0 Å². The molecule has 3 heteroatoms. The van der Waals surface area contributed by atoms with Crippen LogP contribution in [-0.4, -0.2) is 24.7 Å². The second kappa shape index (κ2) is 7.06. The number of nitrogens with one attached hydrogen (secondary N) is 1. The number of likely N-dealkylation sites (N-methyl/N-ethyl adjacent to an activating group) is 1. The molecule has 0 amide bonds. The molecule has 1 N–H and O–H groups in total. The zero-order valence-corrected chi connectivity index (χ0v) is 12.4. The summed E-state index contributed by atoms with van der Waals surface area (Å²) in [4.78, 5) is 4.23. The van der Waals surface area contributed by atoms with Crippen molar-refractivity contribution in [1.82, 2.24) is 10.3 Å². The Bertz CT molecular complexity index is 537. The molecule has 0 aliphatic heterocycles. The zero-order chi connectivity index (χ0) is 14.4. The summed E-state index contributed by atoms with van der Waals surface area (Å²) in [6, 6.07) is 11.2. The largest absolute Gasteiger partial charge is 0.492 e. The molecule has 2 rings (SSSR count). The summed E-state index contributed by atoms with van der Waals surface area (Å²) >= 11 is 0. The van der Waals surface area contributed by atoms with Crippen LogP contribution in [0.5, 0.6) is 5.75 Å². The highest BCUT2D eigenvalue weighted by Crippen LogP contribution is 2.23. The van der Waals surface area contributed by atoms with E-state index >= 15 is 0 Å². The standard InChI is InChI=1S/C17H22N2O/c1-4-20-17-10-16(11-19-12-17)15-7-5-14(6-8-15)9-13(2)18-3/h5-8,10-13,18H,4,9H2,1-3H3. The van der Waals surface area contributed by atoms with Gasteiger partial charge in [-0.05, 0) is 44.5 Å². The lowest BCUT2D eigenvalue weighted by molar-refractivity contribution is 0.339. The predicted octanol–water partition coefficient (Wildman–Crippen LogP) is 3.30. The van der Waals surface area contributed by atoms with E-state index in [1.165, 1.54) is 11.1 Å². The highest BCUT2D eigenvalue weighted by molar-refractivity contribution is 5.64. The Morgan fingerprint density at radius 1 is 1.15 bits per heavy atom. The van der Waals surface area contributed by atoms with Crippen molar-refractivity contribution in [2.24, 2.45) is 0 Å². The van der Waals surface area contributed by atoms with E-state index in [0.29, 0.717) is 12.6 Å². The van der Waals surface area contributed by atoms with Crippen LogP contribution < -0.4 is 10.1 Å². The summed E-state index contributed by atoms with van der Waals surface area (Å²) in [5.41, 5.74) is 3.59. The normalized spacial score (nSPS) is 12.2. The van der Waals surface area contributed by atoms with Gasteiger partial charge in [0.2, 0.25) is 0 Å². The van der Waals surface area contributed by atoms with Crippen LogP contribution in [-0.2, 0) is 6.42 Å². The summed E-state index contributed by atoms with van der Waals surface area (Å²) < 4.78 is 5.49. The fourth-order valence-electron chi connectivity index (χ4n) is 2.11. The Labute approximate surface area is 121 Å². The zero-order valence-electron chi connectivity index (χ0n) is 12.4. The monoisotopic (exact) mass is 270 g/mol. The lowest BCUT2D eigenvalue weighted by Gasteiger charge is -2.11. The van der Waals surface area contributed by atoms with Crippen LogP contribution in [0.4, 0.5) is 0 Å². The number of benzene rings is 1. The number of rotatable bonds is 6. The van der Waals surface area contributed by atoms with Crippen LogP contribution >= 0.6 is 0 Å². The van der Waals surface area contributed by atoms with Gasteiger partial charge in [-0.3, -0.25) is 4.98 Å². The van der Waals surface area contributed by atoms with E-state index in [2.05, 4.69) is 41.5 Å². The van der Waals surface area contributed by atoms with Crippen LogP contribution in [0.15, 0.2) is 42.7 Å². The number of nitrogens with zero attached hydrogens (tertiary/aromatic N) is 1. The van der Waals surface area contributed by atoms with Gasteiger partial charge in [-0.2, -0.15) is 0 Å². The minimum atomic E-state index is 0.490. The maximum atomic E-state index is 5.49. The van der Waals surface area contributed by atoms with Gasteiger partial charge in [0.05, 0.1) is 12.8 Å². The molecule has 0 saturated carbocycles. The van der Waals surface area contributed by atoms with Crippen LogP contribution in [0, 0.1) is 0 Å². The highest BCUT2D eigenvalue weighted by atomic mass is 16.5. The van der Waals surface area contributed by atoms with Gasteiger partial charge < -0.3 is 10.1 Å². The molecule has 3 nitrogen and oxygen atoms in total. The van der Waals surface area contributed by atoms with Crippen molar-refractivity contribution in [3.8, 4) is 16.9 Å². The average Bonchev–Trinajstić information content (AvgIpc) is 2.48. The van der Waals surface area contributed by atoms with Gasteiger partial charge in [0.1, 0.15) is 5.75 Å². The Kier molecular flexibility index (Phi) is 5.13. The molecule has 0 fully saturated rings. The van der Waals surface area contributed by atoms with Gasteiger partial charge in [-0.25, -0.2) is 0 Å². The summed E-state index contributed by atoms with van der Waals surface area (Å²) in [6.45, 7) is 4.82. The van der Waals surface area contributed by atoms with E-state index in [9.17, 15) is 0 Å². The number of ether oxygens (including phenoxy) is 1. The SMILES string of the molecule is CCOc1cncc(-c2ccc(CC(C)NC)cc2)c1. The predicted molar refractivity (Wildman–Crippen MR) is 83.1 cm³/mol. The van der Waals surface area contributed by atoms with E-state index in [4.69, 9.17) is 4.74 Å². The van der Waals surface area contributed by atoms with Crippen molar-refractivity contribution in [2.45, 2.75) is 26.3 Å². The van der Waals surface area contributed by atoms with E-state index in [1.807, 2.05) is 26.2 Å². The van der Waals surface area contributed by atoms with Gasteiger partial charge in [-0.15, -0.1) is 0 Å². The molecular formula is C17H22N2O. The van der Waals surface area contributed by atoms with Gasteiger partial charge in [0.25, 0.3) is 0 Å². The third kappa shape index (κ3) is 3.81. The Morgan fingerprint density at radius 3 is 2.55 bits per heavy atom. The highest BCUT2D eigenvalue weighted by Gasteiger charge is 2.03. The van der Waals surface area contributed by atoms with Crippen molar-refractivity contribution in [3.63, 3.8) is 0 Å². The first-order chi connectivity index (χ1) is 9.72. The summed E-state index contributed by atoms with van der Waals surface area (Å²) in [6.07, 6.45) is 4.65. The molecule has 1 aromatic carbocycles. The van der Waals surface area contributed by atoms with Crippen LogP contribution in [0.3, 0.4) is 0 Å². The van der Waals surface area contributed by atoms with Crippen molar-refractivity contribution in [3.05, 3.63) is 48.3 Å². The lowest BCUT2D eigenvalue weighted by atomic mass is 10.0. The molecule has 1 heterocycles. The molecule has 1 unspecified atom stereocenters. The first kappa shape index (κ1) is 14.5. The van der Waals surface area contributed by atoms with Crippen molar-refractivity contribution in [2.75, 3.05) is 13.7 Å². The Hall–Kier alpha value is -1.87. The third-order valence-electron chi connectivity index (χ3n) is 3.35. The maximum absolute atomic E-state index is 5.49. The second-order valence-electron chi connectivity index (χ2n) is 4.93. The molecule has 0 bridgehead atoms. The number of pyridine rings is 1. The summed E-state index contributed by atoms with van der Waals surface area (Å²) in [5, 5.41) is 3.25. The molecule has 0 radical (unpaired) electrons. The van der Waals surface area contributed by atoms with E-state index in [-0.39, 0.29) is 0 Å². The first-order valence-corrected chi connectivity index (χ1v) is 7.07. The third-order valence-corrected chi connectivity index (χ3v) is 3.35. The van der Waals surface area contributed by atoms with Gasteiger partial charge in [0, 0.05) is 17.8 Å². The first-order valence-electron chi connectivity index (χ1n) is 7.07. The fraction of sp³-hybridized carbons (Fsp3) is 0.353. The fourth-order valence-corrected chi connectivity index (χ4v) is 2.11. The van der Waals surface area contributed by atoms with Crippen molar-refractivity contribution >= 4 is 0 Å². The van der Waals surface area contributed by atoms with E-state index in [0.717, 1.165) is 17.7 Å². The Morgan fingerprint density at radius 2 is 1.90 bits per heavy atom. The molecule has 1 atom stereocenters. The van der Waals surface area contributed by atoms with Crippen molar-refractivity contribution in [1.29, 1.82) is 0 Å². The molecule has 20 heavy (non-hydrogen) atoms. The second-order valence-corrected chi connectivity index (χ2v) is 4.93. The van der Waals surface area contributed by atoms with E-state index in [1.54, 1.807) is 6.20 Å². The Balaban J connectivity index is 2.15. The molecule has 106 valence electrons. The molecule has 0 aliphatic rings. The van der Waals surface area contributed by atoms with Gasteiger partial charge in [-0.1, -0.05) is 24.3 Å². The van der Waals surface area contributed by atoms with Gasteiger partial charge in [0.15, 0.2) is 0 Å². The van der Waals surface area contributed by atoms with Crippen LogP contribution in [0.2, 0.25) is 0 Å². The molecule has 0 aliphatic carbocycles. The summed E-state index contributed by atoms with van der Waals surface area (Å²) in [5.74, 6) is 0.817. The minimum Gasteiger partial charge on any atom is -0.492 e. The number of aromatic nitrogens is 1. The lowest BCUT2D eigenvalue weighted by Crippen LogP contribution is -2.23. The summed E-state index contributed by atoms with van der Waals surface area (Å²) in [7, 11) is 1.99. The van der Waals surface area contributed by atoms with Crippen LogP contribution in [0.1, 0.15) is 19.4 Å². The molecule has 0 spiro atoms. The topological polar surface area (TPSA) is 34.1 Å².